The van der Waals surface area contributed by atoms with Gasteiger partial charge in [0.2, 0.25) is 0 Å². The number of methoxy groups -OCH3 is 1. The van der Waals surface area contributed by atoms with Gasteiger partial charge in [-0.05, 0) is 17.7 Å². The molecule has 0 aliphatic carbocycles. The molecule has 4 nitrogen and oxygen atoms in total. The van der Waals surface area contributed by atoms with Crippen LogP contribution in [0.15, 0.2) is 24.3 Å². The molecule has 1 heterocycles. The molecule has 1 saturated heterocycles. The van der Waals surface area contributed by atoms with Gasteiger partial charge in [-0.3, -0.25) is 4.90 Å². The molecular formula is C13H18N2O2S. The van der Waals surface area contributed by atoms with Gasteiger partial charge < -0.3 is 15.2 Å². The van der Waals surface area contributed by atoms with E-state index < -0.39 is 0 Å². The minimum Gasteiger partial charge on any atom is -0.497 e. The summed E-state index contributed by atoms with van der Waals surface area (Å²) in [6.45, 7) is 3.14. The molecule has 1 aromatic rings. The molecule has 2 rings (SSSR count). The third-order valence-electron chi connectivity index (χ3n) is 3.09. The van der Waals surface area contributed by atoms with Gasteiger partial charge in [0.25, 0.3) is 0 Å². The number of rotatable bonds is 4. The summed E-state index contributed by atoms with van der Waals surface area (Å²) in [6, 6.07) is 7.85. The molecule has 5 heteroatoms. The lowest BCUT2D eigenvalue weighted by Gasteiger charge is -2.34. The first-order valence-electron chi connectivity index (χ1n) is 5.97. The van der Waals surface area contributed by atoms with Gasteiger partial charge in [0.15, 0.2) is 0 Å². The lowest BCUT2D eigenvalue weighted by Crippen LogP contribution is -2.43. The molecule has 2 N–H and O–H groups in total. The van der Waals surface area contributed by atoms with E-state index in [-0.39, 0.29) is 6.04 Å². The summed E-state index contributed by atoms with van der Waals surface area (Å²) in [5.74, 6) is 0.821. The first-order chi connectivity index (χ1) is 8.72. The monoisotopic (exact) mass is 266 g/mol. The Morgan fingerprint density at radius 3 is 2.78 bits per heavy atom. The second kappa shape index (κ2) is 6.13. The van der Waals surface area contributed by atoms with Crippen LogP contribution in [0.4, 0.5) is 0 Å². The summed E-state index contributed by atoms with van der Waals surface area (Å²) in [7, 11) is 1.66. The topological polar surface area (TPSA) is 47.7 Å². The third kappa shape index (κ3) is 2.98. The van der Waals surface area contributed by atoms with Crippen LogP contribution < -0.4 is 10.5 Å². The SMILES string of the molecule is COc1cccc(C(C(N)=S)N2CCOCC2)c1. The van der Waals surface area contributed by atoms with Crippen LogP contribution in [0.5, 0.6) is 5.75 Å². The van der Waals surface area contributed by atoms with Crippen molar-refractivity contribution >= 4 is 17.2 Å². The van der Waals surface area contributed by atoms with E-state index in [1.54, 1.807) is 7.11 Å². The molecular weight excluding hydrogens is 248 g/mol. The van der Waals surface area contributed by atoms with Crippen molar-refractivity contribution < 1.29 is 9.47 Å². The van der Waals surface area contributed by atoms with E-state index in [2.05, 4.69) is 4.90 Å². The Hall–Kier alpha value is -1.17. The average Bonchev–Trinajstić information content (AvgIpc) is 2.40. The van der Waals surface area contributed by atoms with E-state index in [0.29, 0.717) is 4.99 Å². The van der Waals surface area contributed by atoms with Crippen molar-refractivity contribution in [3.05, 3.63) is 29.8 Å². The Morgan fingerprint density at radius 1 is 1.44 bits per heavy atom. The Balaban J connectivity index is 2.25. The molecule has 0 bridgehead atoms. The predicted molar refractivity (Wildman–Crippen MR) is 74.9 cm³/mol. The van der Waals surface area contributed by atoms with Crippen molar-refractivity contribution in [3.63, 3.8) is 0 Å². The molecule has 1 aliphatic rings. The molecule has 18 heavy (non-hydrogen) atoms. The van der Waals surface area contributed by atoms with E-state index in [1.807, 2.05) is 24.3 Å². The fourth-order valence-electron chi connectivity index (χ4n) is 2.20. The van der Waals surface area contributed by atoms with Crippen LogP contribution in [0.2, 0.25) is 0 Å². The maximum absolute atomic E-state index is 5.90. The maximum atomic E-state index is 5.90. The first-order valence-corrected chi connectivity index (χ1v) is 6.38. The molecule has 98 valence electrons. The molecule has 1 fully saturated rings. The van der Waals surface area contributed by atoms with Gasteiger partial charge in [0.05, 0.1) is 31.4 Å². The Bertz CT molecular complexity index is 419. The quantitative estimate of drug-likeness (QED) is 0.834. The molecule has 1 aliphatic heterocycles. The minimum atomic E-state index is -0.0426. The standard InChI is InChI=1S/C13H18N2O2S/c1-16-11-4-2-3-10(9-11)12(13(14)18)15-5-7-17-8-6-15/h2-4,9,12H,5-8H2,1H3,(H2,14,18). The van der Waals surface area contributed by atoms with E-state index in [1.165, 1.54) is 0 Å². The lowest BCUT2D eigenvalue weighted by atomic mass is 10.0. The molecule has 1 unspecified atom stereocenters. The van der Waals surface area contributed by atoms with Crippen molar-refractivity contribution in [3.8, 4) is 5.75 Å². The fourth-order valence-corrected chi connectivity index (χ4v) is 2.49. The van der Waals surface area contributed by atoms with Crippen molar-refractivity contribution in [2.75, 3.05) is 33.4 Å². The van der Waals surface area contributed by atoms with E-state index >= 15 is 0 Å². The van der Waals surface area contributed by atoms with Crippen LogP contribution >= 0.6 is 12.2 Å². The van der Waals surface area contributed by atoms with E-state index in [0.717, 1.165) is 37.6 Å². The molecule has 1 atom stereocenters. The number of nitrogens with zero attached hydrogens (tertiary/aromatic N) is 1. The minimum absolute atomic E-state index is 0.0426. The highest BCUT2D eigenvalue weighted by Crippen LogP contribution is 2.25. The number of hydrogen-bond donors (Lipinski definition) is 1. The number of benzene rings is 1. The van der Waals surface area contributed by atoms with Crippen molar-refractivity contribution in [1.29, 1.82) is 0 Å². The Kier molecular flexibility index (Phi) is 4.52. The highest BCUT2D eigenvalue weighted by Gasteiger charge is 2.25. The summed E-state index contributed by atoms with van der Waals surface area (Å²) in [5, 5.41) is 0. The Labute approximate surface area is 113 Å². The van der Waals surface area contributed by atoms with Gasteiger partial charge in [-0.2, -0.15) is 0 Å². The second-order valence-corrected chi connectivity index (χ2v) is 4.70. The third-order valence-corrected chi connectivity index (χ3v) is 3.31. The van der Waals surface area contributed by atoms with E-state index in [4.69, 9.17) is 27.4 Å². The highest BCUT2D eigenvalue weighted by atomic mass is 32.1. The van der Waals surface area contributed by atoms with Gasteiger partial charge in [-0.15, -0.1) is 0 Å². The summed E-state index contributed by atoms with van der Waals surface area (Å²) in [4.78, 5) is 2.74. The molecule has 0 spiro atoms. The first kappa shape index (κ1) is 13.3. The zero-order valence-electron chi connectivity index (χ0n) is 10.5. The van der Waals surface area contributed by atoms with Crippen LogP contribution in [-0.2, 0) is 4.74 Å². The van der Waals surface area contributed by atoms with Crippen LogP contribution in [0.3, 0.4) is 0 Å². The number of nitrogens with two attached hydrogens (primary N) is 1. The molecule has 1 aromatic carbocycles. The number of hydrogen-bond acceptors (Lipinski definition) is 4. The summed E-state index contributed by atoms with van der Waals surface area (Å²) >= 11 is 5.21. The summed E-state index contributed by atoms with van der Waals surface area (Å²) in [6.07, 6.45) is 0. The second-order valence-electron chi connectivity index (χ2n) is 4.23. The Morgan fingerprint density at radius 2 is 2.17 bits per heavy atom. The fraction of sp³-hybridized carbons (Fsp3) is 0.462. The van der Waals surface area contributed by atoms with Gasteiger partial charge in [-0.25, -0.2) is 0 Å². The molecule has 0 amide bonds. The molecule has 0 radical (unpaired) electrons. The van der Waals surface area contributed by atoms with Gasteiger partial charge in [-0.1, -0.05) is 24.4 Å². The predicted octanol–water partition coefficient (Wildman–Crippen LogP) is 1.35. The van der Waals surface area contributed by atoms with Crippen LogP contribution in [0.25, 0.3) is 0 Å². The van der Waals surface area contributed by atoms with Gasteiger partial charge in [0, 0.05) is 13.1 Å². The number of thiocarbonyl (C=S) groups is 1. The van der Waals surface area contributed by atoms with E-state index in [9.17, 15) is 0 Å². The van der Waals surface area contributed by atoms with Gasteiger partial charge in [0.1, 0.15) is 5.75 Å². The lowest BCUT2D eigenvalue weighted by molar-refractivity contribution is 0.0288. The average molecular weight is 266 g/mol. The van der Waals surface area contributed by atoms with Crippen LogP contribution in [0, 0.1) is 0 Å². The number of ether oxygens (including phenoxy) is 2. The number of morpholine rings is 1. The highest BCUT2D eigenvalue weighted by molar-refractivity contribution is 7.80. The summed E-state index contributed by atoms with van der Waals surface area (Å²) < 4.78 is 10.6. The van der Waals surface area contributed by atoms with Crippen molar-refractivity contribution in [1.82, 2.24) is 4.90 Å². The van der Waals surface area contributed by atoms with Crippen LogP contribution in [-0.4, -0.2) is 43.3 Å². The molecule has 0 aromatic heterocycles. The summed E-state index contributed by atoms with van der Waals surface area (Å²) in [5.41, 5.74) is 6.97. The zero-order chi connectivity index (χ0) is 13.0. The largest absolute Gasteiger partial charge is 0.497 e. The zero-order valence-corrected chi connectivity index (χ0v) is 11.3. The van der Waals surface area contributed by atoms with Crippen molar-refractivity contribution in [2.24, 2.45) is 5.73 Å². The van der Waals surface area contributed by atoms with Gasteiger partial charge >= 0.3 is 0 Å². The van der Waals surface area contributed by atoms with Crippen LogP contribution in [0.1, 0.15) is 11.6 Å². The van der Waals surface area contributed by atoms with Crippen molar-refractivity contribution in [2.45, 2.75) is 6.04 Å². The maximum Gasteiger partial charge on any atom is 0.119 e. The normalized spacial score (nSPS) is 18.3. The smallest absolute Gasteiger partial charge is 0.119 e. The molecule has 0 saturated carbocycles.